The maximum atomic E-state index is 13.3. The molecule has 3 nitrogen and oxygen atoms in total. The number of nitrogens with one attached hydrogen (secondary N) is 1. The van der Waals surface area contributed by atoms with Gasteiger partial charge in [-0.2, -0.15) is 0 Å². The van der Waals surface area contributed by atoms with Gasteiger partial charge in [0, 0.05) is 19.0 Å². The summed E-state index contributed by atoms with van der Waals surface area (Å²) in [6.45, 7) is 5.56. The van der Waals surface area contributed by atoms with E-state index in [0.29, 0.717) is 25.3 Å². The number of benzene rings is 1. The van der Waals surface area contributed by atoms with Gasteiger partial charge in [0.2, 0.25) is 0 Å². The van der Waals surface area contributed by atoms with Crippen molar-refractivity contribution in [1.29, 1.82) is 0 Å². The van der Waals surface area contributed by atoms with Gasteiger partial charge in [-0.3, -0.25) is 0 Å². The van der Waals surface area contributed by atoms with Gasteiger partial charge in [0.15, 0.2) is 0 Å². The van der Waals surface area contributed by atoms with Gasteiger partial charge in [0.05, 0.1) is 12.7 Å². The van der Waals surface area contributed by atoms with Gasteiger partial charge in [-0.1, -0.05) is 6.92 Å². The van der Waals surface area contributed by atoms with Crippen molar-refractivity contribution in [3.05, 3.63) is 29.6 Å². The molecule has 0 spiro atoms. The fourth-order valence-corrected chi connectivity index (χ4v) is 1.42. The maximum Gasteiger partial charge on any atom is 0.127 e. The molecule has 2 N–H and O–H groups in total. The molecule has 0 saturated carbocycles. The summed E-state index contributed by atoms with van der Waals surface area (Å²) in [5, 5.41) is 12.2. The summed E-state index contributed by atoms with van der Waals surface area (Å²) in [5.74, 6) is 0.214. The molecule has 96 valence electrons. The third kappa shape index (κ3) is 5.65. The zero-order chi connectivity index (χ0) is 12.7. The molecule has 4 heteroatoms. The Morgan fingerprint density at radius 2 is 2.18 bits per heavy atom. The zero-order valence-electron chi connectivity index (χ0n) is 10.4. The number of hydrogen-bond acceptors (Lipinski definition) is 3. The molecule has 0 saturated heterocycles. The Balaban J connectivity index is 2.55. The van der Waals surface area contributed by atoms with E-state index < -0.39 is 6.10 Å². The minimum absolute atomic E-state index is 0.299. The molecule has 0 radical (unpaired) electrons. The molecule has 0 aliphatic carbocycles. The van der Waals surface area contributed by atoms with Gasteiger partial charge >= 0.3 is 0 Å². The summed E-state index contributed by atoms with van der Waals surface area (Å²) in [6.07, 6.45) is 0.142. The zero-order valence-corrected chi connectivity index (χ0v) is 10.4. The van der Waals surface area contributed by atoms with Crippen molar-refractivity contribution >= 4 is 0 Å². The second-order valence-electron chi connectivity index (χ2n) is 4.06. The van der Waals surface area contributed by atoms with E-state index in [0.717, 1.165) is 12.1 Å². The first-order chi connectivity index (χ1) is 8.11. The first kappa shape index (κ1) is 13.9. The Hall–Kier alpha value is -1.13. The summed E-state index contributed by atoms with van der Waals surface area (Å²) < 4.78 is 18.7. The first-order valence-electron chi connectivity index (χ1n) is 5.93. The Labute approximate surface area is 102 Å². The molecule has 0 aliphatic rings. The second kappa shape index (κ2) is 7.25. The molecule has 1 aromatic carbocycles. The minimum atomic E-state index is -0.398. The number of hydrogen-bond donors (Lipinski definition) is 2. The van der Waals surface area contributed by atoms with E-state index >= 15 is 0 Å². The molecular formula is C13H20FNO2. The maximum absolute atomic E-state index is 13.3. The molecule has 1 atom stereocenters. The van der Waals surface area contributed by atoms with Crippen molar-refractivity contribution in [2.24, 2.45) is 0 Å². The summed E-state index contributed by atoms with van der Waals surface area (Å²) in [4.78, 5) is 0. The molecule has 0 heterocycles. The van der Waals surface area contributed by atoms with Crippen LogP contribution in [-0.4, -0.2) is 24.4 Å². The smallest absolute Gasteiger partial charge is 0.127 e. The topological polar surface area (TPSA) is 41.5 Å². The number of ether oxygens (including phenoxy) is 1. The van der Waals surface area contributed by atoms with Crippen molar-refractivity contribution in [2.45, 2.75) is 32.9 Å². The highest BCUT2D eigenvalue weighted by atomic mass is 19.1. The lowest BCUT2D eigenvalue weighted by Crippen LogP contribution is -2.12. The molecule has 0 amide bonds. The van der Waals surface area contributed by atoms with Crippen LogP contribution < -0.4 is 10.1 Å². The molecule has 1 rings (SSSR count). The van der Waals surface area contributed by atoms with Crippen LogP contribution in [0.15, 0.2) is 18.2 Å². The van der Waals surface area contributed by atoms with Crippen LogP contribution in [0.5, 0.6) is 5.75 Å². The molecule has 0 fully saturated rings. The number of aliphatic hydroxyl groups excluding tert-OH is 1. The highest BCUT2D eigenvalue weighted by Gasteiger charge is 2.03. The fourth-order valence-electron chi connectivity index (χ4n) is 1.42. The van der Waals surface area contributed by atoms with Crippen molar-refractivity contribution in [3.8, 4) is 5.75 Å². The van der Waals surface area contributed by atoms with Crippen LogP contribution in [-0.2, 0) is 6.54 Å². The Morgan fingerprint density at radius 3 is 2.82 bits per heavy atom. The minimum Gasteiger partial charge on any atom is -0.493 e. The molecular weight excluding hydrogens is 221 g/mol. The Bertz CT molecular complexity index is 342. The molecule has 17 heavy (non-hydrogen) atoms. The summed E-state index contributed by atoms with van der Waals surface area (Å²) in [6, 6.07) is 4.66. The first-order valence-corrected chi connectivity index (χ1v) is 5.93. The van der Waals surface area contributed by atoms with Crippen molar-refractivity contribution in [2.75, 3.05) is 13.2 Å². The standard InChI is InChI=1S/C13H20FNO2/c1-3-15-9-11-6-12(14)8-13(7-11)17-5-4-10(2)16/h6-8,10,15-16H,3-5,9H2,1-2H3. The van der Waals surface area contributed by atoms with E-state index in [2.05, 4.69) is 5.32 Å². The average Bonchev–Trinajstić information content (AvgIpc) is 2.25. The van der Waals surface area contributed by atoms with E-state index in [1.54, 1.807) is 6.92 Å². The number of halogens is 1. The monoisotopic (exact) mass is 241 g/mol. The summed E-state index contributed by atoms with van der Waals surface area (Å²) in [5.41, 5.74) is 0.860. The summed E-state index contributed by atoms with van der Waals surface area (Å²) in [7, 11) is 0. The summed E-state index contributed by atoms with van der Waals surface area (Å²) >= 11 is 0. The second-order valence-corrected chi connectivity index (χ2v) is 4.06. The lowest BCUT2D eigenvalue weighted by Gasteiger charge is -2.10. The third-order valence-corrected chi connectivity index (χ3v) is 2.31. The van der Waals surface area contributed by atoms with Crippen molar-refractivity contribution in [1.82, 2.24) is 5.32 Å². The molecule has 1 aromatic rings. The van der Waals surface area contributed by atoms with Crippen LogP contribution in [0.25, 0.3) is 0 Å². The Kier molecular flexibility index (Phi) is 5.94. The SMILES string of the molecule is CCNCc1cc(F)cc(OCCC(C)O)c1. The highest BCUT2D eigenvalue weighted by molar-refractivity contribution is 5.29. The van der Waals surface area contributed by atoms with Gasteiger partial charge in [-0.05, 0) is 31.2 Å². The fraction of sp³-hybridized carbons (Fsp3) is 0.538. The number of rotatable bonds is 7. The van der Waals surface area contributed by atoms with E-state index in [1.165, 1.54) is 12.1 Å². The van der Waals surface area contributed by atoms with Crippen molar-refractivity contribution in [3.63, 3.8) is 0 Å². The van der Waals surface area contributed by atoms with Gasteiger partial charge in [0.25, 0.3) is 0 Å². The lowest BCUT2D eigenvalue weighted by atomic mass is 10.2. The van der Waals surface area contributed by atoms with Crippen LogP contribution in [0.1, 0.15) is 25.8 Å². The average molecular weight is 241 g/mol. The highest BCUT2D eigenvalue weighted by Crippen LogP contribution is 2.16. The predicted molar refractivity (Wildman–Crippen MR) is 65.6 cm³/mol. The molecule has 0 aromatic heterocycles. The van der Waals surface area contributed by atoms with Crippen LogP contribution >= 0.6 is 0 Å². The molecule has 0 bridgehead atoms. The predicted octanol–water partition coefficient (Wildman–Crippen LogP) is 2.08. The Morgan fingerprint density at radius 1 is 1.41 bits per heavy atom. The van der Waals surface area contributed by atoms with Gasteiger partial charge < -0.3 is 15.2 Å². The van der Waals surface area contributed by atoms with E-state index in [4.69, 9.17) is 9.84 Å². The molecule has 1 unspecified atom stereocenters. The van der Waals surface area contributed by atoms with Crippen LogP contribution in [0.3, 0.4) is 0 Å². The van der Waals surface area contributed by atoms with Gasteiger partial charge in [-0.15, -0.1) is 0 Å². The van der Waals surface area contributed by atoms with E-state index in [1.807, 2.05) is 13.0 Å². The normalized spacial score (nSPS) is 12.5. The third-order valence-electron chi connectivity index (χ3n) is 2.31. The lowest BCUT2D eigenvalue weighted by molar-refractivity contribution is 0.155. The largest absolute Gasteiger partial charge is 0.493 e. The van der Waals surface area contributed by atoms with Crippen LogP contribution in [0, 0.1) is 5.82 Å². The van der Waals surface area contributed by atoms with E-state index in [-0.39, 0.29) is 5.82 Å². The van der Waals surface area contributed by atoms with E-state index in [9.17, 15) is 4.39 Å². The quantitative estimate of drug-likeness (QED) is 0.768. The van der Waals surface area contributed by atoms with Gasteiger partial charge in [-0.25, -0.2) is 4.39 Å². The molecule has 0 aliphatic heterocycles. The van der Waals surface area contributed by atoms with Gasteiger partial charge in [0.1, 0.15) is 11.6 Å². The number of aliphatic hydroxyl groups is 1. The van der Waals surface area contributed by atoms with Crippen LogP contribution in [0.4, 0.5) is 4.39 Å². The van der Waals surface area contributed by atoms with Crippen molar-refractivity contribution < 1.29 is 14.2 Å². The van der Waals surface area contributed by atoms with Crippen LogP contribution in [0.2, 0.25) is 0 Å².